The smallest absolute Gasteiger partial charge is 0.476 e. The zero-order chi connectivity index (χ0) is 25.0. The molecule has 1 fully saturated rings. The van der Waals surface area contributed by atoms with Crippen molar-refractivity contribution in [2.45, 2.75) is 31.5 Å². The molecule has 1 N–H and O–H groups in total. The fraction of sp³-hybridized carbons (Fsp3) is 0.261. The van der Waals surface area contributed by atoms with E-state index < -0.39 is 16.6 Å². The van der Waals surface area contributed by atoms with E-state index >= 15 is 0 Å². The second-order valence-electron chi connectivity index (χ2n) is 8.24. The fourth-order valence-corrected chi connectivity index (χ4v) is 4.00. The van der Waals surface area contributed by atoms with Crippen LogP contribution in [0.4, 0.5) is 20.3 Å². The molecule has 1 aliphatic heterocycles. The summed E-state index contributed by atoms with van der Waals surface area (Å²) in [6, 6.07) is 8.93. The van der Waals surface area contributed by atoms with E-state index in [0.29, 0.717) is 35.2 Å². The third kappa shape index (κ3) is 3.96. The summed E-state index contributed by atoms with van der Waals surface area (Å²) in [5.41, 5.74) is 0.786. The quantitative estimate of drug-likeness (QED) is 0.404. The lowest BCUT2D eigenvalue weighted by molar-refractivity contribution is -0.386. The average Bonchev–Trinajstić information content (AvgIpc) is 3.57. The number of benzene rings is 1. The number of aryl methyl sites for hydroxylation is 1. The lowest BCUT2D eigenvalue weighted by Crippen LogP contribution is -2.28. The van der Waals surface area contributed by atoms with Crippen LogP contribution in [-0.4, -0.2) is 34.2 Å². The fourth-order valence-electron chi connectivity index (χ4n) is 4.00. The number of nitrogens with one attached hydrogen (secondary N) is 1. The minimum Gasteiger partial charge on any atom is -0.476 e. The van der Waals surface area contributed by atoms with Crippen LogP contribution in [0.3, 0.4) is 0 Å². The van der Waals surface area contributed by atoms with Crippen molar-refractivity contribution in [3.63, 3.8) is 0 Å². The molecule has 35 heavy (non-hydrogen) atoms. The lowest BCUT2D eigenvalue weighted by atomic mass is 9.94. The summed E-state index contributed by atoms with van der Waals surface area (Å²) < 4.78 is 40.6. The highest BCUT2D eigenvalue weighted by atomic mass is 19.3. The normalized spacial score (nSPS) is 16.5. The molecule has 0 bridgehead atoms. The van der Waals surface area contributed by atoms with Crippen molar-refractivity contribution in [3.05, 3.63) is 63.8 Å². The number of fused-ring (bicyclic) bond motifs is 1. The van der Waals surface area contributed by atoms with Gasteiger partial charge in [-0.2, -0.15) is 0 Å². The van der Waals surface area contributed by atoms with Crippen molar-refractivity contribution >= 4 is 17.4 Å². The largest absolute Gasteiger partial charge is 0.586 e. The first-order chi connectivity index (χ1) is 16.6. The van der Waals surface area contributed by atoms with E-state index in [4.69, 9.17) is 4.74 Å². The Morgan fingerprint density at radius 3 is 2.60 bits per heavy atom. The van der Waals surface area contributed by atoms with Crippen LogP contribution in [0.25, 0.3) is 11.3 Å². The number of halogens is 2. The van der Waals surface area contributed by atoms with Crippen molar-refractivity contribution in [2.75, 3.05) is 12.4 Å². The first-order valence-electron chi connectivity index (χ1n) is 10.5. The molecule has 1 aliphatic carbocycles. The van der Waals surface area contributed by atoms with Crippen LogP contribution in [0.15, 0.2) is 42.6 Å². The van der Waals surface area contributed by atoms with E-state index in [9.17, 15) is 23.7 Å². The molecule has 5 rings (SSSR count). The van der Waals surface area contributed by atoms with Crippen LogP contribution in [0.5, 0.6) is 17.4 Å². The SMILES string of the molecule is COc1ncc(-c2nc(NC(=O)C3(c4ccc5c(c4)OC(F)(F)O5)CC3)ccc2C)cc1[N+](=O)[O-]. The Balaban J connectivity index is 1.41. The van der Waals surface area contributed by atoms with E-state index in [1.54, 1.807) is 25.1 Å². The van der Waals surface area contributed by atoms with Crippen LogP contribution in [0, 0.1) is 17.0 Å². The molecule has 0 unspecified atom stereocenters. The number of amides is 1. The van der Waals surface area contributed by atoms with Crippen molar-refractivity contribution in [1.82, 2.24) is 9.97 Å². The highest BCUT2D eigenvalue weighted by molar-refractivity contribution is 6.01. The summed E-state index contributed by atoms with van der Waals surface area (Å²) in [6.45, 7) is 1.77. The number of carbonyl (C=O) groups excluding carboxylic acids is 1. The molecule has 1 aromatic carbocycles. The molecule has 3 aromatic rings. The molecule has 0 atom stereocenters. The van der Waals surface area contributed by atoms with Gasteiger partial charge in [-0.1, -0.05) is 12.1 Å². The monoisotopic (exact) mass is 484 g/mol. The van der Waals surface area contributed by atoms with E-state index in [0.717, 1.165) is 0 Å². The van der Waals surface area contributed by atoms with Gasteiger partial charge in [0.15, 0.2) is 11.5 Å². The Hall–Kier alpha value is -4.35. The first-order valence-corrected chi connectivity index (χ1v) is 10.5. The maximum atomic E-state index is 13.4. The number of ether oxygens (including phenoxy) is 3. The number of nitro groups is 1. The second-order valence-corrected chi connectivity index (χ2v) is 8.24. The number of aromatic nitrogens is 2. The molecule has 10 nitrogen and oxygen atoms in total. The van der Waals surface area contributed by atoms with Crippen molar-refractivity contribution in [2.24, 2.45) is 0 Å². The predicted molar refractivity (Wildman–Crippen MR) is 118 cm³/mol. The standard InChI is InChI=1S/C23H18F2N4O6/c1-12-3-6-18(27-19(12)13-9-15(29(31)32)20(33-2)26-11-13)28-21(30)22(7-8-22)14-4-5-16-17(10-14)35-23(24,25)34-16/h3-6,9-11H,7-8H2,1-2H3,(H,27,28,30). The molecule has 1 saturated carbocycles. The molecule has 2 aromatic heterocycles. The van der Waals surface area contributed by atoms with Crippen molar-refractivity contribution in [1.29, 1.82) is 0 Å². The van der Waals surface area contributed by atoms with Crippen LogP contribution >= 0.6 is 0 Å². The Morgan fingerprint density at radius 2 is 1.91 bits per heavy atom. The molecule has 1 amide bonds. The number of methoxy groups -OCH3 is 1. The molecule has 2 aliphatic rings. The van der Waals surface area contributed by atoms with Gasteiger partial charge in [-0.15, -0.1) is 8.78 Å². The maximum absolute atomic E-state index is 13.4. The lowest BCUT2D eigenvalue weighted by Gasteiger charge is -2.17. The van der Waals surface area contributed by atoms with E-state index in [2.05, 4.69) is 24.8 Å². The second kappa shape index (κ2) is 7.86. The number of pyridine rings is 2. The van der Waals surface area contributed by atoms with Gasteiger partial charge in [-0.05, 0) is 49.1 Å². The third-order valence-electron chi connectivity index (χ3n) is 5.97. The summed E-state index contributed by atoms with van der Waals surface area (Å²) in [5.74, 6) is -0.479. The highest BCUT2D eigenvalue weighted by Crippen LogP contribution is 2.52. The summed E-state index contributed by atoms with van der Waals surface area (Å²) in [6.07, 6.45) is -1.31. The molecule has 180 valence electrons. The van der Waals surface area contributed by atoms with E-state index in [1.165, 1.54) is 31.5 Å². The highest BCUT2D eigenvalue weighted by Gasteiger charge is 2.53. The Bertz CT molecular complexity index is 1380. The zero-order valence-corrected chi connectivity index (χ0v) is 18.5. The van der Waals surface area contributed by atoms with E-state index in [1.807, 2.05) is 0 Å². The molecular formula is C23H18F2N4O6. The first kappa shape index (κ1) is 22.4. The van der Waals surface area contributed by atoms with Crippen molar-refractivity contribution in [3.8, 4) is 28.6 Å². The summed E-state index contributed by atoms with van der Waals surface area (Å²) in [4.78, 5) is 32.4. The van der Waals surface area contributed by atoms with Crippen LogP contribution in [-0.2, 0) is 10.2 Å². The predicted octanol–water partition coefficient (Wildman–Crippen LogP) is 4.36. The minimum absolute atomic E-state index is 0.0954. The minimum atomic E-state index is -3.74. The molecule has 0 radical (unpaired) electrons. The van der Waals surface area contributed by atoms with Gasteiger partial charge in [0.25, 0.3) is 5.88 Å². The van der Waals surface area contributed by atoms with Gasteiger partial charge in [-0.3, -0.25) is 14.9 Å². The van der Waals surface area contributed by atoms with Crippen LogP contribution in [0.2, 0.25) is 0 Å². The summed E-state index contributed by atoms with van der Waals surface area (Å²) in [7, 11) is 1.29. The maximum Gasteiger partial charge on any atom is 0.586 e. The Labute approximate surface area is 197 Å². The number of carbonyl (C=O) groups is 1. The van der Waals surface area contributed by atoms with Gasteiger partial charge in [0.05, 0.1) is 23.1 Å². The van der Waals surface area contributed by atoms with Crippen LogP contribution < -0.4 is 19.5 Å². The zero-order valence-electron chi connectivity index (χ0n) is 18.5. The topological polar surface area (TPSA) is 126 Å². The van der Waals surface area contributed by atoms with Crippen molar-refractivity contribution < 1.29 is 32.7 Å². The van der Waals surface area contributed by atoms with Gasteiger partial charge in [0, 0.05) is 17.8 Å². The molecule has 3 heterocycles. The molecule has 0 saturated heterocycles. The number of anilines is 1. The average molecular weight is 484 g/mol. The number of alkyl halides is 2. The van der Waals surface area contributed by atoms with Gasteiger partial charge >= 0.3 is 12.0 Å². The summed E-state index contributed by atoms with van der Waals surface area (Å²) >= 11 is 0. The van der Waals surface area contributed by atoms with E-state index in [-0.39, 0.29) is 34.8 Å². The van der Waals surface area contributed by atoms with Gasteiger partial charge in [0.2, 0.25) is 5.91 Å². The van der Waals surface area contributed by atoms with Crippen LogP contribution in [0.1, 0.15) is 24.0 Å². The molecule has 0 spiro atoms. The van der Waals surface area contributed by atoms with Gasteiger partial charge < -0.3 is 19.5 Å². The number of hydrogen-bond acceptors (Lipinski definition) is 8. The summed E-state index contributed by atoms with van der Waals surface area (Å²) in [5, 5.41) is 14.1. The number of hydrogen-bond donors (Lipinski definition) is 1. The third-order valence-corrected chi connectivity index (χ3v) is 5.97. The Kier molecular flexibility index (Phi) is 5.04. The Morgan fingerprint density at radius 1 is 1.17 bits per heavy atom. The van der Waals surface area contributed by atoms with Gasteiger partial charge in [0.1, 0.15) is 5.82 Å². The number of rotatable bonds is 6. The molecular weight excluding hydrogens is 466 g/mol. The number of nitrogens with zero attached hydrogens (tertiary/aromatic N) is 3. The van der Waals surface area contributed by atoms with Gasteiger partial charge in [-0.25, -0.2) is 9.97 Å². The molecule has 12 heteroatoms.